The molecular weight excluding hydrogens is 278 g/mol. The van der Waals surface area contributed by atoms with Gasteiger partial charge in [0.05, 0.1) is 5.69 Å². The van der Waals surface area contributed by atoms with Crippen LogP contribution >= 0.6 is 11.6 Å². The SMILES string of the molecule is CCNC(=O)Cn1c(CCCl)nc2c(C)nn(CC)c21. The van der Waals surface area contributed by atoms with Crippen LogP contribution in [0.15, 0.2) is 0 Å². The number of likely N-dealkylation sites (N-methyl/N-ethyl adjacent to an activating group) is 1. The predicted octanol–water partition coefficient (Wildman–Crippen LogP) is 1.48. The number of halogens is 1. The normalized spacial score (nSPS) is 11.2. The number of rotatable bonds is 6. The Balaban J connectivity index is 2.51. The number of alkyl halides is 1. The number of hydrogen-bond acceptors (Lipinski definition) is 3. The zero-order valence-electron chi connectivity index (χ0n) is 12.1. The van der Waals surface area contributed by atoms with Crippen LogP contribution in [-0.2, 0) is 24.3 Å². The summed E-state index contributed by atoms with van der Waals surface area (Å²) in [5, 5.41) is 7.26. The van der Waals surface area contributed by atoms with Crippen molar-refractivity contribution in [1.29, 1.82) is 0 Å². The van der Waals surface area contributed by atoms with E-state index in [-0.39, 0.29) is 12.5 Å². The van der Waals surface area contributed by atoms with E-state index in [0.717, 1.165) is 29.2 Å². The fourth-order valence-corrected chi connectivity index (χ4v) is 2.50. The van der Waals surface area contributed by atoms with Crippen LogP contribution in [-0.4, -0.2) is 37.7 Å². The van der Waals surface area contributed by atoms with Crippen molar-refractivity contribution in [3.63, 3.8) is 0 Å². The smallest absolute Gasteiger partial charge is 0.240 e. The third kappa shape index (κ3) is 2.65. The van der Waals surface area contributed by atoms with Gasteiger partial charge in [-0.25, -0.2) is 9.67 Å². The number of nitrogens with zero attached hydrogens (tertiary/aromatic N) is 4. The van der Waals surface area contributed by atoms with Crippen LogP contribution in [0.4, 0.5) is 0 Å². The van der Waals surface area contributed by atoms with Gasteiger partial charge in [-0.05, 0) is 20.8 Å². The predicted molar refractivity (Wildman–Crippen MR) is 79.0 cm³/mol. The first-order chi connectivity index (χ1) is 9.62. The molecule has 0 bridgehead atoms. The number of carbonyl (C=O) groups excluding carboxylic acids is 1. The standard InChI is InChI=1S/C13H20ClN5O/c1-4-15-11(20)8-18-10(6-7-14)16-12-9(3)17-19(5-2)13(12)18/h4-8H2,1-3H3,(H,15,20). The first-order valence-corrected chi connectivity index (χ1v) is 7.40. The average molecular weight is 298 g/mol. The molecule has 2 aromatic heterocycles. The summed E-state index contributed by atoms with van der Waals surface area (Å²) in [6.45, 7) is 7.47. The van der Waals surface area contributed by atoms with Crippen LogP contribution in [0.2, 0.25) is 0 Å². The summed E-state index contributed by atoms with van der Waals surface area (Å²) in [5.41, 5.74) is 2.64. The van der Waals surface area contributed by atoms with Crippen LogP contribution in [0.1, 0.15) is 25.4 Å². The van der Waals surface area contributed by atoms with Crippen molar-refractivity contribution in [1.82, 2.24) is 24.6 Å². The lowest BCUT2D eigenvalue weighted by molar-refractivity contribution is -0.121. The van der Waals surface area contributed by atoms with E-state index in [9.17, 15) is 4.79 Å². The van der Waals surface area contributed by atoms with Crippen molar-refractivity contribution in [2.45, 2.75) is 40.3 Å². The molecule has 0 atom stereocenters. The van der Waals surface area contributed by atoms with Crippen molar-refractivity contribution in [3.8, 4) is 0 Å². The minimum atomic E-state index is -0.0240. The van der Waals surface area contributed by atoms with E-state index in [1.54, 1.807) is 0 Å². The first-order valence-electron chi connectivity index (χ1n) is 6.87. The van der Waals surface area contributed by atoms with E-state index < -0.39 is 0 Å². The summed E-state index contributed by atoms with van der Waals surface area (Å²) in [5.74, 6) is 1.29. The van der Waals surface area contributed by atoms with Gasteiger partial charge in [0.1, 0.15) is 17.9 Å². The highest BCUT2D eigenvalue weighted by molar-refractivity contribution is 6.17. The zero-order valence-corrected chi connectivity index (χ0v) is 12.9. The molecule has 7 heteroatoms. The van der Waals surface area contributed by atoms with Crippen LogP contribution in [0.3, 0.4) is 0 Å². The molecule has 0 unspecified atom stereocenters. The molecule has 0 spiro atoms. The number of nitrogens with one attached hydrogen (secondary N) is 1. The van der Waals surface area contributed by atoms with Gasteiger partial charge in [-0.1, -0.05) is 0 Å². The van der Waals surface area contributed by atoms with Gasteiger partial charge in [0.2, 0.25) is 5.91 Å². The lowest BCUT2D eigenvalue weighted by Crippen LogP contribution is -2.28. The van der Waals surface area contributed by atoms with Crippen LogP contribution < -0.4 is 5.32 Å². The van der Waals surface area contributed by atoms with Gasteiger partial charge in [0, 0.05) is 25.4 Å². The third-order valence-electron chi connectivity index (χ3n) is 3.17. The molecule has 2 rings (SSSR count). The number of aryl methyl sites for hydroxylation is 3. The second kappa shape index (κ2) is 6.26. The molecule has 0 saturated carbocycles. The second-order valence-corrected chi connectivity index (χ2v) is 4.96. The summed E-state index contributed by atoms with van der Waals surface area (Å²) < 4.78 is 3.81. The third-order valence-corrected chi connectivity index (χ3v) is 3.36. The maximum absolute atomic E-state index is 11.9. The molecule has 0 aliphatic carbocycles. The molecule has 6 nitrogen and oxygen atoms in total. The molecule has 1 amide bonds. The van der Waals surface area contributed by atoms with Gasteiger partial charge in [0.25, 0.3) is 0 Å². The molecule has 0 aliphatic heterocycles. The number of aromatic nitrogens is 4. The lowest BCUT2D eigenvalue weighted by Gasteiger charge is -2.09. The van der Waals surface area contributed by atoms with Gasteiger partial charge < -0.3 is 9.88 Å². The van der Waals surface area contributed by atoms with Gasteiger partial charge >= 0.3 is 0 Å². The molecule has 1 N–H and O–H groups in total. The number of amides is 1. The summed E-state index contributed by atoms with van der Waals surface area (Å²) >= 11 is 5.84. The van der Waals surface area contributed by atoms with Gasteiger partial charge in [-0.3, -0.25) is 4.79 Å². The number of hydrogen-bond donors (Lipinski definition) is 1. The van der Waals surface area contributed by atoms with E-state index >= 15 is 0 Å². The van der Waals surface area contributed by atoms with E-state index in [4.69, 9.17) is 11.6 Å². The molecule has 0 saturated heterocycles. The maximum Gasteiger partial charge on any atom is 0.240 e. The Labute approximate surface area is 123 Å². The monoisotopic (exact) mass is 297 g/mol. The van der Waals surface area contributed by atoms with Crippen LogP contribution in [0.5, 0.6) is 0 Å². The average Bonchev–Trinajstić information content (AvgIpc) is 2.90. The van der Waals surface area contributed by atoms with Crippen molar-refractivity contribution >= 4 is 28.7 Å². The van der Waals surface area contributed by atoms with E-state index in [0.29, 0.717) is 18.8 Å². The minimum Gasteiger partial charge on any atom is -0.355 e. The summed E-state index contributed by atoms with van der Waals surface area (Å²) in [4.78, 5) is 16.5. The highest BCUT2D eigenvalue weighted by Crippen LogP contribution is 2.20. The fourth-order valence-electron chi connectivity index (χ4n) is 2.33. The van der Waals surface area contributed by atoms with Crippen LogP contribution in [0.25, 0.3) is 11.2 Å². The van der Waals surface area contributed by atoms with E-state index in [1.165, 1.54) is 0 Å². The number of fused-ring (bicyclic) bond motifs is 1. The fraction of sp³-hybridized carbons (Fsp3) is 0.615. The molecule has 0 radical (unpaired) electrons. The lowest BCUT2D eigenvalue weighted by atomic mass is 10.4. The van der Waals surface area contributed by atoms with Crippen molar-refractivity contribution in [3.05, 3.63) is 11.5 Å². The summed E-state index contributed by atoms with van der Waals surface area (Å²) in [6, 6.07) is 0. The van der Waals surface area contributed by atoms with Crippen molar-refractivity contribution in [2.75, 3.05) is 12.4 Å². The van der Waals surface area contributed by atoms with Gasteiger partial charge in [0.15, 0.2) is 5.65 Å². The highest BCUT2D eigenvalue weighted by atomic mass is 35.5. The Hall–Kier alpha value is -1.56. The molecule has 110 valence electrons. The summed E-state index contributed by atoms with van der Waals surface area (Å²) in [6.07, 6.45) is 0.638. The minimum absolute atomic E-state index is 0.0240. The molecule has 0 aromatic carbocycles. The maximum atomic E-state index is 11.9. The van der Waals surface area contributed by atoms with Crippen LogP contribution in [0, 0.1) is 6.92 Å². The Kier molecular flexibility index (Phi) is 4.65. The summed E-state index contributed by atoms with van der Waals surface area (Å²) in [7, 11) is 0. The Morgan fingerprint density at radius 2 is 2.15 bits per heavy atom. The number of carbonyl (C=O) groups is 1. The quantitative estimate of drug-likeness (QED) is 0.821. The van der Waals surface area contributed by atoms with E-state index in [2.05, 4.69) is 15.4 Å². The highest BCUT2D eigenvalue weighted by Gasteiger charge is 2.19. The molecule has 2 heterocycles. The Bertz CT molecular complexity index is 616. The van der Waals surface area contributed by atoms with Gasteiger partial charge in [-0.15, -0.1) is 11.6 Å². The molecule has 20 heavy (non-hydrogen) atoms. The topological polar surface area (TPSA) is 64.7 Å². The number of imidazole rings is 1. The Morgan fingerprint density at radius 3 is 2.75 bits per heavy atom. The van der Waals surface area contributed by atoms with Crippen molar-refractivity contribution in [2.24, 2.45) is 0 Å². The first kappa shape index (κ1) is 14.8. The molecule has 0 fully saturated rings. The van der Waals surface area contributed by atoms with Gasteiger partial charge in [-0.2, -0.15) is 5.10 Å². The molecule has 2 aromatic rings. The molecular formula is C13H20ClN5O. The van der Waals surface area contributed by atoms with Crippen molar-refractivity contribution < 1.29 is 4.79 Å². The Morgan fingerprint density at radius 1 is 1.40 bits per heavy atom. The zero-order chi connectivity index (χ0) is 14.7. The molecule has 0 aliphatic rings. The second-order valence-electron chi connectivity index (χ2n) is 4.58. The van der Waals surface area contributed by atoms with E-state index in [1.807, 2.05) is 30.0 Å². The largest absolute Gasteiger partial charge is 0.355 e.